The first kappa shape index (κ1) is 12.3. The summed E-state index contributed by atoms with van der Waals surface area (Å²) in [5, 5.41) is 9.21. The number of nitrogens with zero attached hydrogens (tertiary/aromatic N) is 2. The number of halogens is 2. The highest BCUT2D eigenvalue weighted by Gasteiger charge is 2.28. The average Bonchev–Trinajstić information content (AvgIpc) is 3.13. The monoisotopic (exact) mass is 252 g/mol. The molecular formula is C13H14ClFN2. The van der Waals surface area contributed by atoms with Crippen molar-refractivity contribution in [3.05, 3.63) is 34.6 Å². The van der Waals surface area contributed by atoms with E-state index >= 15 is 0 Å². The van der Waals surface area contributed by atoms with Crippen molar-refractivity contribution in [1.29, 1.82) is 5.26 Å². The number of rotatable bonds is 5. The van der Waals surface area contributed by atoms with E-state index in [4.69, 9.17) is 16.9 Å². The van der Waals surface area contributed by atoms with Crippen molar-refractivity contribution in [2.75, 3.05) is 6.54 Å². The van der Waals surface area contributed by atoms with Gasteiger partial charge in [-0.25, -0.2) is 4.39 Å². The maximum atomic E-state index is 13.1. The maximum Gasteiger partial charge on any atom is 0.123 e. The Balaban J connectivity index is 2.06. The van der Waals surface area contributed by atoms with Crippen LogP contribution < -0.4 is 0 Å². The molecule has 17 heavy (non-hydrogen) atoms. The van der Waals surface area contributed by atoms with E-state index in [-0.39, 0.29) is 5.82 Å². The van der Waals surface area contributed by atoms with Crippen LogP contribution in [0.1, 0.15) is 24.8 Å². The smallest absolute Gasteiger partial charge is 0.123 e. The number of hydrogen-bond acceptors (Lipinski definition) is 2. The van der Waals surface area contributed by atoms with E-state index in [0.29, 0.717) is 24.0 Å². The molecule has 0 aliphatic heterocycles. The molecule has 0 atom stereocenters. The van der Waals surface area contributed by atoms with Crippen LogP contribution in [-0.2, 0) is 6.54 Å². The SMILES string of the molecule is N#CCCN(Cc1cc(F)ccc1Cl)C1CC1. The van der Waals surface area contributed by atoms with Crippen LogP contribution in [-0.4, -0.2) is 17.5 Å². The molecule has 0 bridgehead atoms. The Hall–Kier alpha value is -1.11. The molecule has 0 radical (unpaired) electrons. The fraction of sp³-hybridized carbons (Fsp3) is 0.462. The minimum atomic E-state index is -0.263. The van der Waals surface area contributed by atoms with Crippen LogP contribution >= 0.6 is 11.6 Å². The van der Waals surface area contributed by atoms with Crippen LogP contribution in [0.2, 0.25) is 5.02 Å². The van der Waals surface area contributed by atoms with Gasteiger partial charge in [0.05, 0.1) is 6.07 Å². The Labute approximate surface area is 106 Å². The first-order valence-corrected chi connectivity index (χ1v) is 6.13. The van der Waals surface area contributed by atoms with Crippen molar-refractivity contribution in [2.24, 2.45) is 0 Å². The summed E-state index contributed by atoms with van der Waals surface area (Å²) in [5.74, 6) is -0.263. The zero-order chi connectivity index (χ0) is 12.3. The van der Waals surface area contributed by atoms with Gasteiger partial charge >= 0.3 is 0 Å². The highest BCUT2D eigenvalue weighted by Crippen LogP contribution is 2.30. The molecule has 0 spiro atoms. The van der Waals surface area contributed by atoms with Crippen LogP contribution in [0.4, 0.5) is 4.39 Å². The molecule has 1 fully saturated rings. The lowest BCUT2D eigenvalue weighted by Crippen LogP contribution is -2.26. The average molecular weight is 253 g/mol. The van der Waals surface area contributed by atoms with E-state index in [1.807, 2.05) is 0 Å². The highest BCUT2D eigenvalue weighted by atomic mass is 35.5. The summed E-state index contributed by atoms with van der Waals surface area (Å²) in [6, 6.07) is 7.11. The van der Waals surface area contributed by atoms with Crippen LogP contribution in [0.25, 0.3) is 0 Å². The highest BCUT2D eigenvalue weighted by molar-refractivity contribution is 6.31. The Morgan fingerprint density at radius 1 is 1.47 bits per heavy atom. The summed E-state index contributed by atoms with van der Waals surface area (Å²) in [7, 11) is 0. The second-order valence-electron chi connectivity index (χ2n) is 4.35. The number of hydrogen-bond donors (Lipinski definition) is 0. The Kier molecular flexibility index (Phi) is 3.98. The summed E-state index contributed by atoms with van der Waals surface area (Å²) in [5.41, 5.74) is 0.802. The van der Waals surface area contributed by atoms with Crippen LogP contribution in [0.3, 0.4) is 0 Å². The quantitative estimate of drug-likeness (QED) is 0.804. The van der Waals surface area contributed by atoms with E-state index in [0.717, 1.165) is 12.1 Å². The number of benzene rings is 1. The van der Waals surface area contributed by atoms with E-state index in [1.54, 1.807) is 6.07 Å². The molecule has 0 saturated heterocycles. The Morgan fingerprint density at radius 2 is 2.24 bits per heavy atom. The molecule has 0 aromatic heterocycles. The molecule has 90 valence electrons. The van der Waals surface area contributed by atoms with Gasteiger partial charge in [-0.2, -0.15) is 5.26 Å². The van der Waals surface area contributed by atoms with Crippen molar-refractivity contribution in [1.82, 2.24) is 4.90 Å². The molecule has 1 saturated carbocycles. The van der Waals surface area contributed by atoms with Gasteiger partial charge in [0, 0.05) is 30.6 Å². The largest absolute Gasteiger partial charge is 0.295 e. The molecule has 4 heteroatoms. The third-order valence-electron chi connectivity index (χ3n) is 2.96. The van der Waals surface area contributed by atoms with Gasteiger partial charge in [0.1, 0.15) is 5.82 Å². The summed E-state index contributed by atoms with van der Waals surface area (Å²) < 4.78 is 13.1. The molecule has 0 amide bonds. The maximum absolute atomic E-state index is 13.1. The van der Waals surface area contributed by atoms with Crippen LogP contribution in [0.15, 0.2) is 18.2 Å². The summed E-state index contributed by atoms with van der Waals surface area (Å²) in [6.45, 7) is 1.36. The van der Waals surface area contributed by atoms with Gasteiger partial charge in [-0.3, -0.25) is 4.90 Å². The first-order valence-electron chi connectivity index (χ1n) is 5.75. The van der Waals surface area contributed by atoms with Gasteiger partial charge in [-0.05, 0) is 36.6 Å². The lowest BCUT2D eigenvalue weighted by molar-refractivity contribution is 0.260. The molecule has 2 nitrogen and oxygen atoms in total. The standard InChI is InChI=1S/C13H14ClFN2/c14-13-5-2-11(15)8-10(13)9-17(7-1-6-16)12-3-4-12/h2,5,8,12H,1,3-4,7,9H2. The third-order valence-corrected chi connectivity index (χ3v) is 3.32. The van der Waals surface area contributed by atoms with Gasteiger partial charge in [-0.15, -0.1) is 0 Å². The molecular weight excluding hydrogens is 239 g/mol. The summed E-state index contributed by atoms with van der Waals surface area (Å²) >= 11 is 6.04. The summed E-state index contributed by atoms with van der Waals surface area (Å²) in [4.78, 5) is 2.21. The van der Waals surface area contributed by atoms with Crippen LogP contribution in [0.5, 0.6) is 0 Å². The van der Waals surface area contributed by atoms with Crippen molar-refractivity contribution in [2.45, 2.75) is 31.8 Å². The fourth-order valence-corrected chi connectivity index (χ4v) is 2.08. The zero-order valence-electron chi connectivity index (χ0n) is 9.50. The van der Waals surface area contributed by atoms with Gasteiger partial charge in [0.15, 0.2) is 0 Å². The molecule has 1 aromatic carbocycles. The minimum absolute atomic E-state index is 0.263. The molecule has 0 N–H and O–H groups in total. The summed E-state index contributed by atoms with van der Waals surface area (Å²) in [6.07, 6.45) is 2.83. The lowest BCUT2D eigenvalue weighted by Gasteiger charge is -2.21. The number of nitriles is 1. The van der Waals surface area contributed by atoms with Gasteiger partial charge in [-0.1, -0.05) is 11.6 Å². The second-order valence-corrected chi connectivity index (χ2v) is 4.75. The zero-order valence-corrected chi connectivity index (χ0v) is 10.3. The minimum Gasteiger partial charge on any atom is -0.295 e. The molecule has 1 aliphatic rings. The Bertz CT molecular complexity index is 438. The van der Waals surface area contributed by atoms with Crippen molar-refractivity contribution in [3.8, 4) is 6.07 Å². The predicted octanol–water partition coefficient (Wildman–Crippen LogP) is 3.36. The molecule has 0 unspecified atom stereocenters. The fourth-order valence-electron chi connectivity index (χ4n) is 1.91. The third kappa shape index (κ3) is 3.42. The molecule has 2 rings (SSSR count). The van der Waals surface area contributed by atoms with E-state index in [9.17, 15) is 4.39 Å². The van der Waals surface area contributed by atoms with Crippen molar-refractivity contribution < 1.29 is 4.39 Å². The normalized spacial score (nSPS) is 14.9. The topological polar surface area (TPSA) is 27.0 Å². The molecule has 1 aliphatic carbocycles. The van der Waals surface area contributed by atoms with Crippen molar-refractivity contribution in [3.63, 3.8) is 0 Å². The molecule has 1 aromatic rings. The van der Waals surface area contributed by atoms with Crippen molar-refractivity contribution >= 4 is 11.6 Å². The van der Waals surface area contributed by atoms with Gasteiger partial charge in [0.2, 0.25) is 0 Å². The first-order chi connectivity index (χ1) is 8.20. The van der Waals surface area contributed by atoms with E-state index in [1.165, 1.54) is 25.0 Å². The van der Waals surface area contributed by atoms with Gasteiger partial charge in [0.25, 0.3) is 0 Å². The Morgan fingerprint density at radius 3 is 2.88 bits per heavy atom. The second kappa shape index (κ2) is 5.48. The van der Waals surface area contributed by atoms with Gasteiger partial charge < -0.3 is 0 Å². The predicted molar refractivity (Wildman–Crippen MR) is 65.1 cm³/mol. The van der Waals surface area contributed by atoms with Crippen LogP contribution in [0, 0.1) is 17.1 Å². The lowest BCUT2D eigenvalue weighted by atomic mass is 10.2. The van der Waals surface area contributed by atoms with E-state index in [2.05, 4.69) is 11.0 Å². The molecule has 0 heterocycles. The van der Waals surface area contributed by atoms with E-state index < -0.39 is 0 Å².